The first-order valence-electron chi connectivity index (χ1n) is 8.01. The molecular weight excluding hydrogens is 274 g/mol. The molecule has 22 heavy (non-hydrogen) atoms. The summed E-state index contributed by atoms with van der Waals surface area (Å²) in [6, 6.07) is 10.4. The Hall–Kier alpha value is -2.07. The van der Waals surface area contributed by atoms with Gasteiger partial charge in [-0.25, -0.2) is 0 Å². The van der Waals surface area contributed by atoms with Crippen LogP contribution in [0.3, 0.4) is 0 Å². The molecule has 1 N–H and O–H groups in total. The van der Waals surface area contributed by atoms with E-state index in [2.05, 4.69) is 39.4 Å². The van der Waals surface area contributed by atoms with Crippen LogP contribution in [0, 0.1) is 0 Å². The van der Waals surface area contributed by atoms with Crippen LogP contribution in [0.15, 0.2) is 42.1 Å². The van der Waals surface area contributed by atoms with Gasteiger partial charge in [0, 0.05) is 36.5 Å². The van der Waals surface area contributed by atoms with Crippen molar-refractivity contribution < 1.29 is 4.74 Å². The van der Waals surface area contributed by atoms with E-state index in [-0.39, 0.29) is 0 Å². The summed E-state index contributed by atoms with van der Waals surface area (Å²) in [5, 5.41) is 7.22. The molecule has 0 aliphatic carbocycles. The van der Waals surface area contributed by atoms with E-state index in [0.717, 1.165) is 18.8 Å². The van der Waals surface area contributed by atoms with Crippen LogP contribution in [0.2, 0.25) is 0 Å². The van der Waals surface area contributed by atoms with Crippen molar-refractivity contribution in [1.29, 1.82) is 0 Å². The molecule has 0 radical (unpaired) electrons. The average Bonchev–Trinajstić information content (AvgIpc) is 3.10. The number of para-hydroxylation sites is 1. The van der Waals surface area contributed by atoms with Crippen molar-refractivity contribution in [2.24, 2.45) is 0 Å². The maximum atomic E-state index is 5.87. The van der Waals surface area contributed by atoms with Gasteiger partial charge < -0.3 is 4.74 Å². The Bertz CT molecular complexity index is 663. The van der Waals surface area contributed by atoms with Crippen molar-refractivity contribution in [3.63, 3.8) is 0 Å². The molecule has 0 spiro atoms. The summed E-state index contributed by atoms with van der Waals surface area (Å²) in [6.07, 6.45) is 6.63. The molecule has 2 aliphatic heterocycles. The largest absolute Gasteiger partial charge is 0.489 e. The van der Waals surface area contributed by atoms with Crippen molar-refractivity contribution in [2.75, 3.05) is 26.2 Å². The third-order valence-corrected chi connectivity index (χ3v) is 4.59. The second-order valence-electron chi connectivity index (χ2n) is 6.22. The summed E-state index contributed by atoms with van der Waals surface area (Å²) in [5.41, 5.74) is 3.83. The smallest absolute Gasteiger partial charge is 0.127 e. The number of hydrogen-bond acceptors (Lipinski definition) is 3. The molecule has 0 amide bonds. The van der Waals surface area contributed by atoms with Gasteiger partial charge in [0.15, 0.2) is 0 Å². The standard InChI is InChI=1S/C18H21N3O/c1-2-6-18-15(4-1)10-14(13-22-18)11-21-9-3-5-16(12-21)17-7-8-19-20-17/h1-2,4,6-8,10,16H,3,5,9,11-13H2,(H,19,20)/t16-/m1/s1. The minimum Gasteiger partial charge on any atom is -0.489 e. The number of ether oxygens (including phenoxy) is 1. The topological polar surface area (TPSA) is 41.2 Å². The Morgan fingerprint density at radius 1 is 1.27 bits per heavy atom. The van der Waals surface area contributed by atoms with Crippen LogP contribution >= 0.6 is 0 Å². The second kappa shape index (κ2) is 5.97. The second-order valence-corrected chi connectivity index (χ2v) is 6.22. The summed E-state index contributed by atoms with van der Waals surface area (Å²) in [6.45, 7) is 3.98. The molecule has 114 valence electrons. The van der Waals surface area contributed by atoms with Crippen molar-refractivity contribution in [3.05, 3.63) is 53.4 Å². The monoisotopic (exact) mass is 295 g/mol. The highest BCUT2D eigenvalue weighted by molar-refractivity contribution is 5.62. The first kappa shape index (κ1) is 13.6. The van der Waals surface area contributed by atoms with Crippen molar-refractivity contribution >= 4 is 6.08 Å². The molecule has 0 unspecified atom stereocenters. The number of benzene rings is 1. The van der Waals surface area contributed by atoms with Crippen LogP contribution in [0.1, 0.15) is 30.0 Å². The molecule has 2 aliphatic rings. The summed E-state index contributed by atoms with van der Waals surface area (Å²) in [5.74, 6) is 1.58. The predicted octanol–water partition coefficient (Wildman–Crippen LogP) is 3.07. The first-order valence-corrected chi connectivity index (χ1v) is 8.01. The van der Waals surface area contributed by atoms with Crippen molar-refractivity contribution in [3.8, 4) is 5.75 Å². The molecule has 2 aromatic rings. The Kier molecular flexibility index (Phi) is 3.69. The number of likely N-dealkylation sites (tertiary alicyclic amines) is 1. The zero-order chi connectivity index (χ0) is 14.8. The van der Waals surface area contributed by atoms with Crippen LogP contribution in [-0.2, 0) is 0 Å². The number of piperidine rings is 1. The van der Waals surface area contributed by atoms with Gasteiger partial charge in [-0.3, -0.25) is 10.00 Å². The van der Waals surface area contributed by atoms with E-state index in [9.17, 15) is 0 Å². The van der Waals surface area contributed by atoms with Gasteiger partial charge in [-0.05, 0) is 43.2 Å². The number of aromatic nitrogens is 2. The van der Waals surface area contributed by atoms with Crippen molar-refractivity contribution in [1.82, 2.24) is 15.1 Å². The summed E-state index contributed by atoms with van der Waals surface area (Å²) in [7, 11) is 0. The van der Waals surface area contributed by atoms with Crippen LogP contribution in [0.4, 0.5) is 0 Å². The van der Waals surface area contributed by atoms with Gasteiger partial charge >= 0.3 is 0 Å². The van der Waals surface area contributed by atoms with E-state index in [4.69, 9.17) is 4.74 Å². The molecule has 1 aromatic carbocycles. The number of rotatable bonds is 3. The van der Waals surface area contributed by atoms with Gasteiger partial charge in [-0.2, -0.15) is 5.10 Å². The molecule has 1 aromatic heterocycles. The number of hydrogen-bond donors (Lipinski definition) is 1. The highest BCUT2D eigenvalue weighted by Gasteiger charge is 2.23. The lowest BCUT2D eigenvalue weighted by Gasteiger charge is -2.33. The lowest BCUT2D eigenvalue weighted by molar-refractivity contribution is 0.213. The van der Waals surface area contributed by atoms with E-state index < -0.39 is 0 Å². The van der Waals surface area contributed by atoms with Crippen LogP contribution in [0.5, 0.6) is 5.75 Å². The van der Waals surface area contributed by atoms with Crippen LogP contribution in [-0.4, -0.2) is 41.3 Å². The van der Waals surface area contributed by atoms with Gasteiger partial charge in [0.25, 0.3) is 0 Å². The number of aromatic amines is 1. The van der Waals surface area contributed by atoms with E-state index in [1.54, 1.807) is 0 Å². The molecule has 1 saturated heterocycles. The van der Waals surface area contributed by atoms with Gasteiger partial charge in [0.05, 0.1) is 0 Å². The van der Waals surface area contributed by atoms with E-state index in [1.165, 1.54) is 36.2 Å². The van der Waals surface area contributed by atoms with Gasteiger partial charge in [-0.15, -0.1) is 0 Å². The lowest BCUT2D eigenvalue weighted by Crippen LogP contribution is -2.36. The van der Waals surface area contributed by atoms with Crippen molar-refractivity contribution in [2.45, 2.75) is 18.8 Å². The predicted molar refractivity (Wildman–Crippen MR) is 86.9 cm³/mol. The van der Waals surface area contributed by atoms with E-state index >= 15 is 0 Å². The number of fused-ring (bicyclic) bond motifs is 1. The molecular formula is C18H21N3O. The molecule has 3 heterocycles. The molecule has 4 rings (SSSR count). The highest BCUT2D eigenvalue weighted by Crippen LogP contribution is 2.28. The Morgan fingerprint density at radius 3 is 3.14 bits per heavy atom. The third kappa shape index (κ3) is 2.79. The fourth-order valence-electron chi connectivity index (χ4n) is 3.49. The van der Waals surface area contributed by atoms with Crippen LogP contribution in [0.25, 0.3) is 6.08 Å². The van der Waals surface area contributed by atoms with Crippen LogP contribution < -0.4 is 4.74 Å². The average molecular weight is 295 g/mol. The van der Waals surface area contributed by atoms with Gasteiger partial charge in [0.1, 0.15) is 12.4 Å². The number of nitrogens with zero attached hydrogens (tertiary/aromatic N) is 2. The van der Waals surface area contributed by atoms with Gasteiger partial charge in [-0.1, -0.05) is 18.2 Å². The summed E-state index contributed by atoms with van der Waals surface area (Å²) >= 11 is 0. The SMILES string of the molecule is C1=C(CN2CCC[C@@H](c3ccn[nH]3)C2)COc2ccccc21. The fourth-order valence-corrected chi connectivity index (χ4v) is 3.49. The zero-order valence-electron chi connectivity index (χ0n) is 12.7. The molecule has 0 saturated carbocycles. The lowest BCUT2D eigenvalue weighted by atomic mass is 9.94. The molecule has 0 bridgehead atoms. The van der Waals surface area contributed by atoms with E-state index in [1.807, 2.05) is 18.3 Å². The Balaban J connectivity index is 1.44. The fraction of sp³-hybridized carbons (Fsp3) is 0.389. The summed E-state index contributed by atoms with van der Waals surface area (Å²) in [4.78, 5) is 2.54. The maximum Gasteiger partial charge on any atom is 0.127 e. The Morgan fingerprint density at radius 2 is 2.23 bits per heavy atom. The molecule has 1 fully saturated rings. The normalized spacial score (nSPS) is 21.8. The van der Waals surface area contributed by atoms with E-state index in [0.29, 0.717) is 12.5 Å². The third-order valence-electron chi connectivity index (χ3n) is 4.59. The maximum absolute atomic E-state index is 5.87. The molecule has 4 nitrogen and oxygen atoms in total. The molecule has 1 atom stereocenters. The zero-order valence-corrected chi connectivity index (χ0v) is 12.7. The van der Waals surface area contributed by atoms with Gasteiger partial charge in [0.2, 0.25) is 0 Å². The quantitative estimate of drug-likeness (QED) is 0.946. The number of H-pyrrole nitrogens is 1. The Labute approximate surface area is 130 Å². The first-order chi connectivity index (χ1) is 10.9. The number of nitrogens with one attached hydrogen (secondary N) is 1. The molecule has 4 heteroatoms. The minimum atomic E-state index is 0.577. The summed E-state index contributed by atoms with van der Waals surface area (Å²) < 4.78 is 5.87. The minimum absolute atomic E-state index is 0.577. The highest BCUT2D eigenvalue weighted by atomic mass is 16.5.